The Morgan fingerprint density at radius 2 is 1.56 bits per heavy atom. The molecule has 190 valence electrons. The van der Waals surface area contributed by atoms with E-state index >= 15 is 0 Å². The second-order valence-corrected chi connectivity index (χ2v) is 10.1. The quantitative estimate of drug-likeness (QED) is 0.327. The first-order chi connectivity index (χ1) is 15.7. The van der Waals surface area contributed by atoms with Gasteiger partial charge in [-0.2, -0.15) is 26.3 Å². The van der Waals surface area contributed by atoms with E-state index in [0.717, 1.165) is 23.6 Å². The molecule has 0 radical (unpaired) electrons. The highest BCUT2D eigenvalue weighted by molar-refractivity contribution is 7.99. The third-order valence-corrected chi connectivity index (χ3v) is 6.41. The predicted octanol–water partition coefficient (Wildman–Crippen LogP) is 4.24. The number of aromatic nitrogens is 5. The van der Waals surface area contributed by atoms with Crippen LogP contribution in [0.4, 0.5) is 32.2 Å². The maximum absolute atomic E-state index is 13.4. The van der Waals surface area contributed by atoms with Gasteiger partial charge >= 0.3 is 12.4 Å². The zero-order valence-electron chi connectivity index (χ0n) is 19.3. The Balaban J connectivity index is 1.53. The van der Waals surface area contributed by atoms with E-state index in [1.54, 1.807) is 20.8 Å². The molecule has 7 nitrogen and oxygen atoms in total. The van der Waals surface area contributed by atoms with Gasteiger partial charge in [-0.3, -0.25) is 4.90 Å². The van der Waals surface area contributed by atoms with Crippen LogP contribution >= 0.6 is 11.8 Å². The zero-order chi connectivity index (χ0) is 25.3. The van der Waals surface area contributed by atoms with Crippen molar-refractivity contribution >= 4 is 17.6 Å². The second-order valence-electron chi connectivity index (χ2n) is 9.08. The zero-order valence-corrected chi connectivity index (χ0v) is 20.2. The van der Waals surface area contributed by atoms with E-state index < -0.39 is 29.3 Å². The van der Waals surface area contributed by atoms with Gasteiger partial charge in [0.05, 0.1) is 0 Å². The fourth-order valence-corrected chi connectivity index (χ4v) is 4.25. The van der Waals surface area contributed by atoms with Crippen molar-refractivity contribution in [2.45, 2.75) is 50.1 Å². The van der Waals surface area contributed by atoms with Gasteiger partial charge in [-0.1, -0.05) is 32.5 Å². The molecule has 2 aromatic heterocycles. The minimum Gasteiger partial charge on any atom is -0.354 e. The van der Waals surface area contributed by atoms with Crippen molar-refractivity contribution in [1.82, 2.24) is 29.6 Å². The molecular weight excluding hydrogens is 484 g/mol. The van der Waals surface area contributed by atoms with Crippen LogP contribution in [0.1, 0.15) is 44.5 Å². The van der Waals surface area contributed by atoms with Gasteiger partial charge in [0.2, 0.25) is 5.82 Å². The van der Waals surface area contributed by atoms with Gasteiger partial charge in [0.15, 0.2) is 5.16 Å². The van der Waals surface area contributed by atoms with Crippen molar-refractivity contribution in [3.8, 4) is 0 Å². The average molecular weight is 512 g/mol. The lowest BCUT2D eigenvalue weighted by Crippen LogP contribution is -2.47. The molecule has 1 aliphatic rings. The number of piperazine rings is 1. The van der Waals surface area contributed by atoms with Crippen LogP contribution in [0.15, 0.2) is 11.2 Å². The highest BCUT2D eigenvalue weighted by Crippen LogP contribution is 2.32. The minimum absolute atomic E-state index is 0.147. The number of nitrogens with zero attached hydrogens (tertiary/aromatic N) is 7. The number of alkyl halides is 6. The van der Waals surface area contributed by atoms with Crippen molar-refractivity contribution in [1.29, 1.82) is 0 Å². The first-order valence-corrected chi connectivity index (χ1v) is 11.7. The van der Waals surface area contributed by atoms with Crippen LogP contribution in [0.25, 0.3) is 0 Å². The molecule has 3 heterocycles. The van der Waals surface area contributed by atoms with Crippen molar-refractivity contribution in [2.24, 2.45) is 7.05 Å². The number of hydrogen-bond acceptors (Lipinski definition) is 7. The van der Waals surface area contributed by atoms with Crippen LogP contribution in [0.3, 0.4) is 0 Å². The summed E-state index contributed by atoms with van der Waals surface area (Å²) < 4.78 is 79.4. The van der Waals surface area contributed by atoms with E-state index in [1.807, 2.05) is 4.90 Å². The Morgan fingerprint density at radius 3 is 2.09 bits per heavy atom. The summed E-state index contributed by atoms with van der Waals surface area (Å²) in [6.07, 6.45) is -8.38. The van der Waals surface area contributed by atoms with Gasteiger partial charge in [-0.25, -0.2) is 9.97 Å². The molecule has 2 aromatic rings. The molecule has 0 spiro atoms. The summed E-state index contributed by atoms with van der Waals surface area (Å²) in [5.41, 5.74) is -1.57. The topological polar surface area (TPSA) is 63.0 Å². The lowest BCUT2D eigenvalue weighted by atomic mass is 9.95. The SMILES string of the molecule is Cn1c(SCCCN2CCN(c3cc(C(F)(F)F)nc(C(C)(C)C)n3)CC2)nnc1C(F)(F)F. The third-order valence-electron chi connectivity index (χ3n) is 5.31. The van der Waals surface area contributed by atoms with E-state index in [0.29, 0.717) is 31.9 Å². The number of rotatable bonds is 6. The molecule has 0 unspecified atom stereocenters. The Hall–Kier alpha value is -2.09. The van der Waals surface area contributed by atoms with E-state index in [2.05, 4.69) is 25.1 Å². The lowest BCUT2D eigenvalue weighted by Gasteiger charge is -2.36. The van der Waals surface area contributed by atoms with Crippen molar-refractivity contribution < 1.29 is 26.3 Å². The van der Waals surface area contributed by atoms with Gasteiger partial charge in [-0.15, -0.1) is 10.2 Å². The standard InChI is InChI=1S/C20H27F6N7S/c1-18(2,3)15-27-13(19(21,22)23)12-14(28-15)33-9-7-32(8-10-33)6-5-11-34-17-30-29-16(31(17)4)20(24,25)26/h12H,5-11H2,1-4H3. The van der Waals surface area contributed by atoms with Gasteiger partial charge in [0.1, 0.15) is 17.3 Å². The van der Waals surface area contributed by atoms with Crippen LogP contribution in [0.2, 0.25) is 0 Å². The van der Waals surface area contributed by atoms with Gasteiger partial charge in [-0.05, 0) is 13.0 Å². The molecule has 1 aliphatic heterocycles. The van der Waals surface area contributed by atoms with Crippen molar-refractivity contribution in [2.75, 3.05) is 43.4 Å². The Labute approximate surface area is 197 Å². The largest absolute Gasteiger partial charge is 0.451 e. The molecule has 0 aliphatic carbocycles. The third kappa shape index (κ3) is 6.52. The van der Waals surface area contributed by atoms with E-state index in [1.165, 1.54) is 18.8 Å². The first kappa shape index (κ1) is 26.5. The minimum atomic E-state index is -4.55. The van der Waals surface area contributed by atoms with E-state index in [9.17, 15) is 26.3 Å². The van der Waals surface area contributed by atoms with Crippen LogP contribution in [0.5, 0.6) is 0 Å². The summed E-state index contributed by atoms with van der Waals surface area (Å²) >= 11 is 1.21. The molecule has 0 N–H and O–H groups in total. The number of anilines is 1. The Kier molecular flexibility index (Phi) is 7.70. The number of halogens is 6. The summed E-state index contributed by atoms with van der Waals surface area (Å²) in [5, 5.41) is 7.01. The average Bonchev–Trinajstić information content (AvgIpc) is 3.11. The smallest absolute Gasteiger partial charge is 0.354 e. The summed E-state index contributed by atoms with van der Waals surface area (Å²) in [5.74, 6) is -0.0431. The van der Waals surface area contributed by atoms with Crippen LogP contribution in [-0.4, -0.2) is 68.1 Å². The Bertz CT molecular complexity index is 943. The molecule has 0 atom stereocenters. The molecular formula is C20H27F6N7S. The molecule has 0 saturated carbocycles. The lowest BCUT2D eigenvalue weighted by molar-refractivity contribution is -0.147. The predicted molar refractivity (Wildman–Crippen MR) is 116 cm³/mol. The number of thioether (sulfide) groups is 1. The normalized spacial score (nSPS) is 16.4. The second kappa shape index (κ2) is 9.88. The van der Waals surface area contributed by atoms with E-state index in [-0.39, 0.29) is 16.8 Å². The monoisotopic (exact) mass is 511 g/mol. The molecule has 0 bridgehead atoms. The maximum Gasteiger partial charge on any atom is 0.451 e. The molecule has 34 heavy (non-hydrogen) atoms. The van der Waals surface area contributed by atoms with Crippen molar-refractivity contribution in [3.05, 3.63) is 23.4 Å². The summed E-state index contributed by atoms with van der Waals surface area (Å²) in [6, 6.07) is 0.998. The van der Waals surface area contributed by atoms with Crippen LogP contribution < -0.4 is 4.90 Å². The summed E-state index contributed by atoms with van der Waals surface area (Å²) in [4.78, 5) is 12.1. The Morgan fingerprint density at radius 1 is 0.912 bits per heavy atom. The molecule has 3 rings (SSSR count). The first-order valence-electron chi connectivity index (χ1n) is 10.7. The van der Waals surface area contributed by atoms with Crippen LogP contribution in [-0.2, 0) is 24.8 Å². The fraction of sp³-hybridized carbons (Fsp3) is 0.700. The van der Waals surface area contributed by atoms with Crippen LogP contribution in [0, 0.1) is 0 Å². The molecule has 0 aromatic carbocycles. The van der Waals surface area contributed by atoms with Gasteiger partial charge in [0, 0.05) is 50.5 Å². The highest BCUT2D eigenvalue weighted by atomic mass is 32.2. The van der Waals surface area contributed by atoms with Crippen molar-refractivity contribution in [3.63, 3.8) is 0 Å². The molecule has 0 amide bonds. The maximum atomic E-state index is 13.4. The van der Waals surface area contributed by atoms with Gasteiger partial charge in [0.25, 0.3) is 0 Å². The fourth-order valence-electron chi connectivity index (χ4n) is 3.42. The summed E-state index contributed by atoms with van der Waals surface area (Å²) in [7, 11) is 1.28. The number of hydrogen-bond donors (Lipinski definition) is 0. The van der Waals surface area contributed by atoms with E-state index in [4.69, 9.17) is 0 Å². The summed E-state index contributed by atoms with van der Waals surface area (Å²) in [6.45, 7) is 8.35. The highest BCUT2D eigenvalue weighted by Gasteiger charge is 2.38. The molecule has 14 heteroatoms. The molecule has 1 saturated heterocycles. The molecule has 1 fully saturated rings. The van der Waals surface area contributed by atoms with Gasteiger partial charge < -0.3 is 9.47 Å².